The Hall–Kier alpha value is -0.570. The molecule has 0 bridgehead atoms. The van der Waals surface area contributed by atoms with Crippen molar-refractivity contribution in [2.45, 2.75) is 20.8 Å². The molecule has 1 aliphatic heterocycles. The quantitative estimate of drug-likeness (QED) is 0.778. The van der Waals surface area contributed by atoms with Gasteiger partial charge >= 0.3 is 0 Å². The van der Waals surface area contributed by atoms with E-state index >= 15 is 0 Å². The van der Waals surface area contributed by atoms with Gasteiger partial charge in [-0.25, -0.2) is 4.98 Å². The van der Waals surface area contributed by atoms with Crippen LogP contribution >= 0.6 is 15.9 Å². The highest BCUT2D eigenvalue weighted by molar-refractivity contribution is 9.10. The molecule has 1 saturated heterocycles. The Morgan fingerprint density at radius 3 is 2.40 bits per heavy atom. The summed E-state index contributed by atoms with van der Waals surface area (Å²) in [6.45, 7) is 8.94. The van der Waals surface area contributed by atoms with E-state index in [1.54, 1.807) is 0 Å². The molecule has 0 amide bonds. The van der Waals surface area contributed by atoms with E-state index in [0.717, 1.165) is 40.9 Å². The second-order valence-electron chi connectivity index (χ2n) is 4.60. The molecule has 82 valence electrons. The summed E-state index contributed by atoms with van der Waals surface area (Å²) >= 11 is 3.48. The van der Waals surface area contributed by atoms with Crippen molar-refractivity contribution in [3.8, 4) is 0 Å². The van der Waals surface area contributed by atoms with Crippen LogP contribution in [0.1, 0.15) is 19.5 Å². The number of halogens is 1. The summed E-state index contributed by atoms with van der Waals surface area (Å²) in [5.41, 5.74) is 1.07. The summed E-state index contributed by atoms with van der Waals surface area (Å²) in [6.07, 6.45) is 0. The van der Waals surface area contributed by atoms with Crippen LogP contribution in [-0.4, -0.2) is 18.1 Å². The molecule has 1 aliphatic rings. The van der Waals surface area contributed by atoms with Gasteiger partial charge in [-0.1, -0.05) is 13.8 Å². The summed E-state index contributed by atoms with van der Waals surface area (Å²) in [5.74, 6) is 2.67. The van der Waals surface area contributed by atoms with E-state index in [4.69, 9.17) is 0 Å². The molecule has 0 aliphatic carbocycles. The number of pyridine rings is 1. The van der Waals surface area contributed by atoms with Gasteiger partial charge in [0.2, 0.25) is 0 Å². The minimum Gasteiger partial charge on any atom is -0.356 e. The number of nitrogens with zero attached hydrogens (tertiary/aromatic N) is 2. The zero-order valence-electron chi connectivity index (χ0n) is 9.50. The molecule has 2 heterocycles. The summed E-state index contributed by atoms with van der Waals surface area (Å²) < 4.78 is 1.09. The molecule has 1 fully saturated rings. The van der Waals surface area contributed by atoms with Crippen LogP contribution in [0.2, 0.25) is 0 Å². The van der Waals surface area contributed by atoms with Crippen LogP contribution in [0, 0.1) is 18.8 Å². The lowest BCUT2D eigenvalue weighted by atomic mass is 10.0. The first-order valence-electron chi connectivity index (χ1n) is 5.46. The van der Waals surface area contributed by atoms with Gasteiger partial charge in [0.25, 0.3) is 0 Å². The smallest absolute Gasteiger partial charge is 0.128 e. The van der Waals surface area contributed by atoms with Crippen molar-refractivity contribution >= 4 is 21.7 Å². The zero-order valence-corrected chi connectivity index (χ0v) is 11.1. The third-order valence-corrected chi connectivity index (χ3v) is 4.16. The Morgan fingerprint density at radius 2 is 1.87 bits per heavy atom. The predicted molar refractivity (Wildman–Crippen MR) is 67.2 cm³/mol. The maximum Gasteiger partial charge on any atom is 0.128 e. The second-order valence-corrected chi connectivity index (χ2v) is 5.45. The van der Waals surface area contributed by atoms with Gasteiger partial charge < -0.3 is 4.90 Å². The Morgan fingerprint density at radius 1 is 1.27 bits per heavy atom. The maximum atomic E-state index is 4.60. The van der Waals surface area contributed by atoms with Crippen LogP contribution in [0.3, 0.4) is 0 Å². The van der Waals surface area contributed by atoms with E-state index in [2.05, 4.69) is 51.8 Å². The standard InChI is InChI=1S/C12H17BrN2/c1-8-6-15(7-9(8)2)12-5-4-11(13)10(3)14-12/h4-5,8-9H,6-7H2,1-3H3. The largest absolute Gasteiger partial charge is 0.356 e. The number of hydrogen-bond acceptors (Lipinski definition) is 2. The second kappa shape index (κ2) is 4.12. The Balaban J connectivity index is 2.20. The van der Waals surface area contributed by atoms with E-state index in [-0.39, 0.29) is 0 Å². The fraction of sp³-hybridized carbons (Fsp3) is 0.583. The van der Waals surface area contributed by atoms with Crippen molar-refractivity contribution in [1.29, 1.82) is 0 Å². The average Bonchev–Trinajstić information content (AvgIpc) is 2.52. The van der Waals surface area contributed by atoms with Crippen LogP contribution in [0.4, 0.5) is 5.82 Å². The number of rotatable bonds is 1. The SMILES string of the molecule is Cc1nc(N2CC(C)C(C)C2)ccc1Br. The first-order valence-corrected chi connectivity index (χ1v) is 6.25. The van der Waals surface area contributed by atoms with E-state index in [9.17, 15) is 0 Å². The molecule has 0 radical (unpaired) electrons. The molecular formula is C12H17BrN2. The molecule has 1 aromatic heterocycles. The normalized spacial score (nSPS) is 26.0. The van der Waals surface area contributed by atoms with Gasteiger partial charge in [0.05, 0.1) is 5.69 Å². The van der Waals surface area contributed by atoms with Crippen molar-refractivity contribution in [3.63, 3.8) is 0 Å². The Labute approximate surface area is 99.8 Å². The molecule has 0 aromatic carbocycles. The molecule has 15 heavy (non-hydrogen) atoms. The molecular weight excluding hydrogens is 252 g/mol. The number of aromatic nitrogens is 1. The lowest BCUT2D eigenvalue weighted by molar-refractivity contribution is 0.494. The number of hydrogen-bond donors (Lipinski definition) is 0. The highest BCUT2D eigenvalue weighted by Gasteiger charge is 2.26. The molecule has 0 spiro atoms. The first-order chi connectivity index (χ1) is 7.08. The number of anilines is 1. The summed E-state index contributed by atoms with van der Waals surface area (Å²) in [7, 11) is 0. The Bertz CT molecular complexity index is 355. The van der Waals surface area contributed by atoms with Gasteiger partial charge in [-0.3, -0.25) is 0 Å². The molecule has 2 unspecified atom stereocenters. The van der Waals surface area contributed by atoms with Crippen LogP contribution in [-0.2, 0) is 0 Å². The van der Waals surface area contributed by atoms with Crippen molar-refractivity contribution in [3.05, 3.63) is 22.3 Å². The minimum atomic E-state index is 0.774. The van der Waals surface area contributed by atoms with E-state index < -0.39 is 0 Å². The summed E-state index contributed by atoms with van der Waals surface area (Å²) in [6, 6.07) is 4.19. The van der Waals surface area contributed by atoms with Crippen LogP contribution < -0.4 is 4.90 Å². The predicted octanol–water partition coefficient (Wildman–Crippen LogP) is 3.24. The van der Waals surface area contributed by atoms with Crippen molar-refractivity contribution in [1.82, 2.24) is 4.98 Å². The third-order valence-electron chi connectivity index (χ3n) is 3.32. The fourth-order valence-electron chi connectivity index (χ4n) is 2.02. The van der Waals surface area contributed by atoms with E-state index in [1.165, 1.54) is 0 Å². The lowest BCUT2D eigenvalue weighted by Crippen LogP contribution is -2.20. The van der Waals surface area contributed by atoms with Gasteiger partial charge in [-0.05, 0) is 46.8 Å². The van der Waals surface area contributed by atoms with Gasteiger partial charge in [0.1, 0.15) is 5.82 Å². The van der Waals surface area contributed by atoms with Crippen LogP contribution in [0.25, 0.3) is 0 Å². The molecule has 2 nitrogen and oxygen atoms in total. The summed E-state index contributed by atoms with van der Waals surface area (Å²) in [4.78, 5) is 6.99. The van der Waals surface area contributed by atoms with Gasteiger partial charge in [-0.2, -0.15) is 0 Å². The van der Waals surface area contributed by atoms with Crippen LogP contribution in [0.5, 0.6) is 0 Å². The molecule has 1 aromatic rings. The molecule has 0 N–H and O–H groups in total. The highest BCUT2D eigenvalue weighted by Crippen LogP contribution is 2.27. The zero-order chi connectivity index (χ0) is 11.0. The van der Waals surface area contributed by atoms with Gasteiger partial charge in [0.15, 0.2) is 0 Å². The van der Waals surface area contributed by atoms with E-state index in [0.29, 0.717) is 0 Å². The maximum absolute atomic E-state index is 4.60. The van der Waals surface area contributed by atoms with E-state index in [1.807, 2.05) is 6.92 Å². The van der Waals surface area contributed by atoms with Crippen molar-refractivity contribution < 1.29 is 0 Å². The Kier molecular flexibility index (Phi) is 3.01. The molecule has 2 rings (SSSR count). The topological polar surface area (TPSA) is 16.1 Å². The average molecular weight is 269 g/mol. The third kappa shape index (κ3) is 2.17. The summed E-state index contributed by atoms with van der Waals surface area (Å²) in [5, 5.41) is 0. The molecule has 3 heteroatoms. The molecule has 2 atom stereocenters. The monoisotopic (exact) mass is 268 g/mol. The first kappa shape index (κ1) is 10.9. The minimum absolute atomic E-state index is 0.774. The van der Waals surface area contributed by atoms with Crippen molar-refractivity contribution in [2.75, 3.05) is 18.0 Å². The lowest BCUT2D eigenvalue weighted by Gasteiger charge is -2.17. The van der Waals surface area contributed by atoms with Gasteiger partial charge in [0, 0.05) is 17.6 Å². The fourth-order valence-corrected chi connectivity index (χ4v) is 2.24. The van der Waals surface area contributed by atoms with Gasteiger partial charge in [-0.15, -0.1) is 0 Å². The van der Waals surface area contributed by atoms with Crippen LogP contribution in [0.15, 0.2) is 16.6 Å². The highest BCUT2D eigenvalue weighted by atomic mass is 79.9. The number of aryl methyl sites for hydroxylation is 1. The van der Waals surface area contributed by atoms with Crippen molar-refractivity contribution in [2.24, 2.45) is 11.8 Å². The molecule has 0 saturated carbocycles.